The van der Waals surface area contributed by atoms with Gasteiger partial charge in [-0.15, -0.1) is 0 Å². The molecule has 0 aliphatic carbocycles. The topological polar surface area (TPSA) is 36.4 Å². The lowest BCUT2D eigenvalue weighted by molar-refractivity contribution is 0.501. The van der Waals surface area contributed by atoms with Gasteiger partial charge in [-0.05, 0) is 38.8 Å². The summed E-state index contributed by atoms with van der Waals surface area (Å²) in [4.78, 5) is 4.19. The second-order valence-electron chi connectivity index (χ2n) is 5.22. The zero-order valence-electron chi connectivity index (χ0n) is 11.5. The highest BCUT2D eigenvalue weighted by Gasteiger charge is 2.11. The molecule has 2 N–H and O–H groups in total. The van der Waals surface area contributed by atoms with Gasteiger partial charge in [-0.1, -0.05) is 29.8 Å². The van der Waals surface area contributed by atoms with E-state index in [0.717, 1.165) is 29.5 Å². The van der Waals surface area contributed by atoms with Gasteiger partial charge in [0.2, 0.25) is 0 Å². The van der Waals surface area contributed by atoms with Gasteiger partial charge in [0.05, 0.1) is 0 Å². The van der Waals surface area contributed by atoms with Crippen molar-refractivity contribution in [3.05, 3.63) is 34.9 Å². The third-order valence-corrected chi connectivity index (χ3v) is 2.73. The third-order valence-electron chi connectivity index (χ3n) is 2.36. The summed E-state index contributed by atoms with van der Waals surface area (Å²) in [6, 6.07) is 7.91. The molecule has 0 unspecified atom stereocenters. The minimum Gasteiger partial charge on any atom is -0.356 e. The number of benzene rings is 1. The summed E-state index contributed by atoms with van der Waals surface area (Å²) in [5, 5.41) is 7.41. The summed E-state index contributed by atoms with van der Waals surface area (Å²) in [6.45, 7) is 7.12. The molecule has 4 heteroatoms. The molecule has 0 fully saturated rings. The van der Waals surface area contributed by atoms with E-state index in [2.05, 4.69) is 36.4 Å². The van der Waals surface area contributed by atoms with Crippen LogP contribution in [0.5, 0.6) is 0 Å². The van der Waals surface area contributed by atoms with Crippen molar-refractivity contribution < 1.29 is 0 Å². The highest BCUT2D eigenvalue weighted by molar-refractivity contribution is 6.31. The fourth-order valence-corrected chi connectivity index (χ4v) is 1.78. The van der Waals surface area contributed by atoms with E-state index in [9.17, 15) is 0 Å². The average Bonchev–Trinajstić information content (AvgIpc) is 2.28. The maximum Gasteiger partial charge on any atom is 0.191 e. The van der Waals surface area contributed by atoms with Crippen molar-refractivity contribution in [2.24, 2.45) is 4.99 Å². The lowest BCUT2D eigenvalue weighted by atomic mass is 10.1. The van der Waals surface area contributed by atoms with Crippen LogP contribution in [0.3, 0.4) is 0 Å². The normalized spacial score (nSPS) is 12.4. The number of guanidine groups is 1. The molecule has 3 nitrogen and oxygen atoms in total. The molecule has 0 saturated carbocycles. The molecule has 1 aromatic carbocycles. The van der Waals surface area contributed by atoms with E-state index in [1.165, 1.54) is 0 Å². The summed E-state index contributed by atoms with van der Waals surface area (Å²) < 4.78 is 0. The Bertz CT molecular complexity index is 408. The van der Waals surface area contributed by atoms with Crippen LogP contribution in [0, 0.1) is 0 Å². The minimum atomic E-state index is 0.00619. The first-order chi connectivity index (χ1) is 8.42. The molecule has 1 rings (SSSR count). The molecule has 0 aromatic heterocycles. The van der Waals surface area contributed by atoms with Gasteiger partial charge in [0.15, 0.2) is 5.96 Å². The standard InChI is InChI=1S/C14H22ClN3/c1-14(2,3)18-13(16-4)17-10-9-11-7-5-6-8-12(11)15/h5-8H,9-10H2,1-4H3,(H2,16,17,18). The van der Waals surface area contributed by atoms with Gasteiger partial charge in [0, 0.05) is 24.2 Å². The predicted octanol–water partition coefficient (Wildman–Crippen LogP) is 2.85. The molecular formula is C14H22ClN3. The molecule has 18 heavy (non-hydrogen) atoms. The van der Waals surface area contributed by atoms with E-state index in [0.29, 0.717) is 0 Å². The number of nitrogens with zero attached hydrogens (tertiary/aromatic N) is 1. The molecular weight excluding hydrogens is 246 g/mol. The third kappa shape index (κ3) is 5.41. The van der Waals surface area contributed by atoms with E-state index in [4.69, 9.17) is 11.6 Å². The molecule has 0 amide bonds. The molecule has 1 aromatic rings. The van der Waals surface area contributed by atoms with Crippen LogP contribution in [0.4, 0.5) is 0 Å². The lowest BCUT2D eigenvalue weighted by Gasteiger charge is -2.23. The Morgan fingerprint density at radius 1 is 1.28 bits per heavy atom. The number of rotatable bonds is 3. The van der Waals surface area contributed by atoms with E-state index < -0.39 is 0 Å². The molecule has 0 atom stereocenters. The number of aliphatic imine (C=N–C) groups is 1. The Balaban J connectivity index is 2.44. The molecule has 0 spiro atoms. The van der Waals surface area contributed by atoms with Crippen molar-refractivity contribution in [3.8, 4) is 0 Å². The van der Waals surface area contributed by atoms with Gasteiger partial charge >= 0.3 is 0 Å². The van der Waals surface area contributed by atoms with Gasteiger partial charge in [-0.3, -0.25) is 4.99 Å². The molecule has 0 bridgehead atoms. The van der Waals surface area contributed by atoms with Gasteiger partial charge in [-0.2, -0.15) is 0 Å². The zero-order chi connectivity index (χ0) is 13.6. The van der Waals surface area contributed by atoms with Crippen LogP contribution in [-0.2, 0) is 6.42 Å². The van der Waals surface area contributed by atoms with Crippen molar-refractivity contribution in [2.45, 2.75) is 32.7 Å². The fourth-order valence-electron chi connectivity index (χ4n) is 1.55. The van der Waals surface area contributed by atoms with E-state index >= 15 is 0 Å². The Hall–Kier alpha value is -1.22. The molecule has 0 aliphatic rings. The largest absolute Gasteiger partial charge is 0.356 e. The second kappa shape index (κ2) is 6.64. The zero-order valence-corrected chi connectivity index (χ0v) is 12.3. The summed E-state index contributed by atoms with van der Waals surface area (Å²) in [5.41, 5.74) is 1.16. The Morgan fingerprint density at radius 2 is 1.94 bits per heavy atom. The van der Waals surface area contributed by atoms with Gasteiger partial charge in [0.25, 0.3) is 0 Å². The minimum absolute atomic E-state index is 0.00619. The molecule has 0 aliphatic heterocycles. The van der Waals surface area contributed by atoms with E-state index in [1.807, 2.05) is 24.3 Å². The first-order valence-corrected chi connectivity index (χ1v) is 6.52. The number of hydrogen-bond acceptors (Lipinski definition) is 1. The SMILES string of the molecule is CN=C(NCCc1ccccc1Cl)NC(C)(C)C. The Morgan fingerprint density at radius 3 is 2.50 bits per heavy atom. The molecule has 100 valence electrons. The Labute approximate surface area is 115 Å². The summed E-state index contributed by atoms with van der Waals surface area (Å²) in [7, 11) is 1.77. The Kier molecular flexibility index (Phi) is 5.48. The average molecular weight is 268 g/mol. The molecule has 0 radical (unpaired) electrons. The number of nitrogens with one attached hydrogen (secondary N) is 2. The van der Waals surface area contributed by atoms with Crippen molar-refractivity contribution in [3.63, 3.8) is 0 Å². The molecule has 0 saturated heterocycles. The number of hydrogen-bond donors (Lipinski definition) is 2. The summed E-state index contributed by atoms with van der Waals surface area (Å²) >= 11 is 6.11. The van der Waals surface area contributed by atoms with Crippen LogP contribution >= 0.6 is 11.6 Å². The van der Waals surface area contributed by atoms with Crippen molar-refractivity contribution in [1.29, 1.82) is 0 Å². The fraction of sp³-hybridized carbons (Fsp3) is 0.500. The second-order valence-corrected chi connectivity index (χ2v) is 5.62. The highest BCUT2D eigenvalue weighted by Crippen LogP contribution is 2.14. The van der Waals surface area contributed by atoms with Gasteiger partial charge in [0.1, 0.15) is 0 Å². The van der Waals surface area contributed by atoms with Crippen molar-refractivity contribution in [1.82, 2.24) is 10.6 Å². The quantitative estimate of drug-likeness (QED) is 0.653. The maximum atomic E-state index is 6.11. The van der Waals surface area contributed by atoms with Crippen LogP contribution < -0.4 is 10.6 Å². The van der Waals surface area contributed by atoms with Crippen LogP contribution in [0.1, 0.15) is 26.3 Å². The van der Waals surface area contributed by atoms with Gasteiger partial charge < -0.3 is 10.6 Å². The van der Waals surface area contributed by atoms with Crippen molar-refractivity contribution >= 4 is 17.6 Å². The monoisotopic (exact) mass is 267 g/mol. The summed E-state index contributed by atoms with van der Waals surface area (Å²) in [5.74, 6) is 0.814. The molecule has 0 heterocycles. The maximum absolute atomic E-state index is 6.11. The number of halogens is 1. The van der Waals surface area contributed by atoms with E-state index in [-0.39, 0.29) is 5.54 Å². The first-order valence-electron chi connectivity index (χ1n) is 6.14. The van der Waals surface area contributed by atoms with Crippen LogP contribution in [0.2, 0.25) is 5.02 Å². The summed E-state index contributed by atoms with van der Waals surface area (Å²) in [6.07, 6.45) is 0.879. The lowest BCUT2D eigenvalue weighted by Crippen LogP contribution is -2.48. The van der Waals surface area contributed by atoms with Crippen LogP contribution in [0.15, 0.2) is 29.3 Å². The first kappa shape index (κ1) is 14.8. The van der Waals surface area contributed by atoms with Crippen molar-refractivity contribution in [2.75, 3.05) is 13.6 Å². The van der Waals surface area contributed by atoms with Crippen LogP contribution in [0.25, 0.3) is 0 Å². The van der Waals surface area contributed by atoms with Crippen LogP contribution in [-0.4, -0.2) is 25.1 Å². The predicted molar refractivity (Wildman–Crippen MR) is 79.4 cm³/mol. The van der Waals surface area contributed by atoms with Gasteiger partial charge in [-0.25, -0.2) is 0 Å². The van der Waals surface area contributed by atoms with E-state index in [1.54, 1.807) is 7.05 Å². The highest BCUT2D eigenvalue weighted by atomic mass is 35.5. The smallest absolute Gasteiger partial charge is 0.191 e.